The molecule has 132 valence electrons. The van der Waals surface area contributed by atoms with E-state index < -0.39 is 17.8 Å². The molecular formula is C20H23NO4. The van der Waals surface area contributed by atoms with E-state index in [1.165, 1.54) is 0 Å². The summed E-state index contributed by atoms with van der Waals surface area (Å²) < 4.78 is 5.43. The third kappa shape index (κ3) is 3.31. The highest BCUT2D eigenvalue weighted by Gasteiger charge is 2.43. The Balaban J connectivity index is 2.13. The van der Waals surface area contributed by atoms with Crippen molar-refractivity contribution in [2.45, 2.75) is 45.6 Å². The Bertz CT molecular complexity index is 758. The van der Waals surface area contributed by atoms with E-state index in [0.29, 0.717) is 24.1 Å². The number of fused-ring (bicyclic) bond motifs is 1. The molecule has 2 unspecified atom stereocenters. The van der Waals surface area contributed by atoms with E-state index >= 15 is 0 Å². The third-order valence-corrected chi connectivity index (χ3v) is 4.63. The number of rotatable bonds is 3. The molecule has 0 aromatic heterocycles. The molecule has 1 aromatic rings. The van der Waals surface area contributed by atoms with Crippen LogP contribution in [0, 0.1) is 5.92 Å². The van der Waals surface area contributed by atoms with Crippen LogP contribution in [0.15, 0.2) is 47.3 Å². The van der Waals surface area contributed by atoms with Crippen LogP contribution >= 0.6 is 0 Å². The molecule has 2 N–H and O–H groups in total. The zero-order valence-electron chi connectivity index (χ0n) is 14.7. The van der Waals surface area contributed by atoms with Gasteiger partial charge in [0.25, 0.3) is 0 Å². The first-order valence-electron chi connectivity index (χ1n) is 8.59. The number of esters is 1. The quantitative estimate of drug-likeness (QED) is 0.826. The summed E-state index contributed by atoms with van der Waals surface area (Å²) in [7, 11) is 0. The third-order valence-electron chi connectivity index (χ3n) is 4.63. The van der Waals surface area contributed by atoms with Crippen molar-refractivity contribution in [3.8, 4) is 5.75 Å². The molecule has 1 aliphatic heterocycles. The number of carbonyl (C=O) groups excluding carboxylic acids is 2. The predicted octanol–water partition coefficient (Wildman–Crippen LogP) is 3.17. The highest BCUT2D eigenvalue weighted by molar-refractivity contribution is 5.96. The number of aromatic hydroxyl groups is 1. The number of Topliss-reactive ketones (excluding diaryl/α,β-unsaturated/α-hetero) is 1. The smallest absolute Gasteiger partial charge is 0.336 e. The predicted molar refractivity (Wildman–Crippen MR) is 93.7 cm³/mol. The van der Waals surface area contributed by atoms with Gasteiger partial charge in [-0.1, -0.05) is 18.2 Å². The van der Waals surface area contributed by atoms with Crippen molar-refractivity contribution in [3.05, 3.63) is 52.9 Å². The molecule has 1 aliphatic carbocycles. The Morgan fingerprint density at radius 3 is 2.56 bits per heavy atom. The fraction of sp³-hybridized carbons (Fsp3) is 0.400. The van der Waals surface area contributed by atoms with Crippen molar-refractivity contribution < 1.29 is 19.4 Å². The van der Waals surface area contributed by atoms with E-state index in [1.54, 1.807) is 38.1 Å². The summed E-state index contributed by atoms with van der Waals surface area (Å²) in [5.74, 6) is -0.972. The normalized spacial score (nSPS) is 23.0. The standard InChI is InChI=1S/C20H23NO4/c1-11(2)25-20(24)17-12(3)21-15-5-4-6-16(23)19(15)18(17)13-7-9-14(22)10-8-13/h5,7-11,18-19,21-22H,4,6H2,1-3H3. The van der Waals surface area contributed by atoms with E-state index in [4.69, 9.17) is 4.74 Å². The van der Waals surface area contributed by atoms with Crippen LogP contribution in [0.5, 0.6) is 5.75 Å². The van der Waals surface area contributed by atoms with Gasteiger partial charge >= 0.3 is 5.97 Å². The highest BCUT2D eigenvalue weighted by atomic mass is 16.5. The first kappa shape index (κ1) is 17.3. The molecule has 0 radical (unpaired) electrons. The second kappa shape index (κ2) is 6.75. The zero-order valence-corrected chi connectivity index (χ0v) is 14.7. The number of ether oxygens (including phenoxy) is 1. The maximum atomic E-state index is 12.8. The zero-order chi connectivity index (χ0) is 18.1. The minimum absolute atomic E-state index is 0.116. The topological polar surface area (TPSA) is 75.6 Å². The molecule has 1 aromatic carbocycles. The maximum absolute atomic E-state index is 12.8. The van der Waals surface area contributed by atoms with Crippen molar-refractivity contribution in [3.63, 3.8) is 0 Å². The van der Waals surface area contributed by atoms with Gasteiger partial charge in [0.1, 0.15) is 11.5 Å². The lowest BCUT2D eigenvalue weighted by atomic mass is 9.71. The summed E-state index contributed by atoms with van der Waals surface area (Å²) in [6.45, 7) is 5.44. The number of ketones is 1. The average molecular weight is 341 g/mol. The lowest BCUT2D eigenvalue weighted by Gasteiger charge is -2.38. The van der Waals surface area contributed by atoms with E-state index in [2.05, 4.69) is 5.32 Å². The number of nitrogens with one attached hydrogen (secondary N) is 1. The van der Waals surface area contributed by atoms with Crippen LogP contribution in [0.2, 0.25) is 0 Å². The van der Waals surface area contributed by atoms with Gasteiger partial charge in [-0.25, -0.2) is 4.79 Å². The molecule has 0 saturated heterocycles. The first-order chi connectivity index (χ1) is 11.9. The molecule has 5 heteroatoms. The lowest BCUT2D eigenvalue weighted by molar-refractivity contribution is -0.143. The average Bonchev–Trinajstić information content (AvgIpc) is 2.53. The van der Waals surface area contributed by atoms with E-state index in [1.807, 2.05) is 13.0 Å². The van der Waals surface area contributed by atoms with Crippen LogP contribution in [0.4, 0.5) is 0 Å². The van der Waals surface area contributed by atoms with Crippen molar-refractivity contribution in [1.82, 2.24) is 5.32 Å². The number of allylic oxidation sites excluding steroid dienone is 3. The Labute approximate surface area is 147 Å². The van der Waals surface area contributed by atoms with Crippen molar-refractivity contribution in [2.75, 3.05) is 0 Å². The Kier molecular flexibility index (Phi) is 4.66. The number of carbonyl (C=O) groups is 2. The summed E-state index contributed by atoms with van der Waals surface area (Å²) >= 11 is 0. The fourth-order valence-electron chi connectivity index (χ4n) is 3.60. The Morgan fingerprint density at radius 1 is 1.24 bits per heavy atom. The molecule has 0 bridgehead atoms. The van der Waals surface area contributed by atoms with Gasteiger partial charge in [0, 0.05) is 23.7 Å². The van der Waals surface area contributed by atoms with Gasteiger partial charge in [-0.2, -0.15) is 0 Å². The van der Waals surface area contributed by atoms with Crippen molar-refractivity contribution in [2.24, 2.45) is 5.92 Å². The SMILES string of the molecule is CC1=C(C(=O)OC(C)C)C(c2ccc(O)cc2)C2C(=O)CCC=C2N1. The molecule has 1 heterocycles. The molecule has 0 fully saturated rings. The maximum Gasteiger partial charge on any atom is 0.336 e. The van der Waals surface area contributed by atoms with Crippen LogP contribution in [-0.4, -0.2) is 23.0 Å². The van der Waals surface area contributed by atoms with Crippen LogP contribution in [0.1, 0.15) is 45.1 Å². The molecule has 0 amide bonds. The number of hydrogen-bond acceptors (Lipinski definition) is 5. The summed E-state index contributed by atoms with van der Waals surface area (Å²) in [4.78, 5) is 25.4. The fourth-order valence-corrected chi connectivity index (χ4v) is 3.60. The monoisotopic (exact) mass is 341 g/mol. The minimum Gasteiger partial charge on any atom is -0.508 e. The van der Waals surface area contributed by atoms with Gasteiger partial charge in [0.2, 0.25) is 0 Å². The van der Waals surface area contributed by atoms with Crippen LogP contribution < -0.4 is 5.32 Å². The second-order valence-electron chi connectivity index (χ2n) is 6.83. The molecule has 2 aliphatic rings. The molecule has 0 spiro atoms. The van der Waals surface area contributed by atoms with Gasteiger partial charge in [-0.15, -0.1) is 0 Å². The van der Waals surface area contributed by atoms with E-state index in [-0.39, 0.29) is 17.6 Å². The lowest BCUT2D eigenvalue weighted by Crippen LogP contribution is -2.41. The molecule has 0 saturated carbocycles. The van der Waals surface area contributed by atoms with Gasteiger partial charge in [-0.3, -0.25) is 4.79 Å². The van der Waals surface area contributed by atoms with Crippen LogP contribution in [-0.2, 0) is 14.3 Å². The molecule has 25 heavy (non-hydrogen) atoms. The first-order valence-corrected chi connectivity index (χ1v) is 8.59. The number of hydrogen-bond donors (Lipinski definition) is 2. The van der Waals surface area contributed by atoms with Crippen molar-refractivity contribution in [1.29, 1.82) is 0 Å². The van der Waals surface area contributed by atoms with Crippen LogP contribution in [0.3, 0.4) is 0 Å². The van der Waals surface area contributed by atoms with Gasteiger partial charge in [-0.05, 0) is 44.9 Å². The van der Waals surface area contributed by atoms with Crippen molar-refractivity contribution >= 4 is 11.8 Å². The molecule has 2 atom stereocenters. The summed E-state index contributed by atoms with van der Waals surface area (Å²) in [5.41, 5.74) is 2.87. The van der Waals surface area contributed by atoms with Gasteiger partial charge in [0.15, 0.2) is 0 Å². The molecular weight excluding hydrogens is 318 g/mol. The number of phenols is 1. The van der Waals surface area contributed by atoms with Gasteiger partial charge < -0.3 is 15.2 Å². The number of phenolic OH excluding ortho intramolecular Hbond substituents is 1. The summed E-state index contributed by atoms with van der Waals surface area (Å²) in [6.07, 6.45) is 2.97. The Hall–Kier alpha value is -2.56. The van der Waals surface area contributed by atoms with E-state index in [0.717, 1.165) is 11.3 Å². The second-order valence-corrected chi connectivity index (χ2v) is 6.83. The molecule has 5 nitrogen and oxygen atoms in total. The minimum atomic E-state index is -0.420. The van der Waals surface area contributed by atoms with E-state index in [9.17, 15) is 14.7 Å². The highest BCUT2D eigenvalue weighted by Crippen LogP contribution is 2.44. The summed E-state index contributed by atoms with van der Waals surface area (Å²) in [5, 5.41) is 12.8. The largest absolute Gasteiger partial charge is 0.508 e. The summed E-state index contributed by atoms with van der Waals surface area (Å²) in [6, 6.07) is 6.69. The molecule has 3 rings (SSSR count). The Morgan fingerprint density at radius 2 is 1.92 bits per heavy atom. The van der Waals surface area contributed by atoms with Gasteiger partial charge in [0.05, 0.1) is 17.6 Å². The van der Waals surface area contributed by atoms with Crippen LogP contribution in [0.25, 0.3) is 0 Å². The number of benzene rings is 1.